The van der Waals surface area contributed by atoms with Crippen LogP contribution < -0.4 is 4.74 Å². The van der Waals surface area contributed by atoms with Crippen molar-refractivity contribution in [2.75, 3.05) is 0 Å². The Morgan fingerprint density at radius 1 is 1.62 bits per heavy atom. The van der Waals surface area contributed by atoms with Crippen molar-refractivity contribution in [2.45, 2.75) is 6.92 Å². The Balaban J connectivity index is 2.72. The highest BCUT2D eigenvalue weighted by molar-refractivity contribution is 7.17. The van der Waals surface area contributed by atoms with Gasteiger partial charge in [0.2, 0.25) is 0 Å². The predicted molar refractivity (Wildman–Crippen MR) is 59.8 cm³/mol. The number of phenolic OH excluding ortho intramolecular Hbond substituents is 1. The zero-order valence-corrected chi connectivity index (χ0v) is 9.66. The van der Waals surface area contributed by atoms with Crippen LogP contribution >= 0.6 is 22.9 Å². The van der Waals surface area contributed by atoms with E-state index in [1.807, 2.05) is 0 Å². The number of benzene rings is 1. The molecule has 0 fully saturated rings. The lowest BCUT2D eigenvalue weighted by molar-refractivity contribution is -0.131. The topological polar surface area (TPSA) is 46.5 Å². The van der Waals surface area contributed by atoms with Crippen molar-refractivity contribution in [3.63, 3.8) is 0 Å². The van der Waals surface area contributed by atoms with Crippen molar-refractivity contribution in [1.82, 2.24) is 0 Å². The summed E-state index contributed by atoms with van der Waals surface area (Å²) < 4.78 is 18.5. The van der Waals surface area contributed by atoms with E-state index >= 15 is 0 Å². The van der Waals surface area contributed by atoms with E-state index in [4.69, 9.17) is 16.3 Å². The normalized spacial score (nSPS) is 10.7. The first-order valence-electron chi connectivity index (χ1n) is 4.27. The summed E-state index contributed by atoms with van der Waals surface area (Å²) in [5.74, 6) is -1.59. The Bertz CT molecular complexity index is 579. The van der Waals surface area contributed by atoms with Crippen molar-refractivity contribution in [2.24, 2.45) is 0 Å². The lowest BCUT2D eigenvalue weighted by Gasteiger charge is -2.02. The fraction of sp³-hybridized carbons (Fsp3) is 0.100. The maximum absolute atomic E-state index is 13.5. The van der Waals surface area contributed by atoms with Crippen LogP contribution in [0.1, 0.15) is 6.92 Å². The maximum Gasteiger partial charge on any atom is 0.308 e. The van der Waals surface area contributed by atoms with E-state index < -0.39 is 17.5 Å². The van der Waals surface area contributed by atoms with Crippen molar-refractivity contribution >= 4 is 39.0 Å². The lowest BCUT2D eigenvalue weighted by atomic mass is 10.2. The van der Waals surface area contributed by atoms with Crippen LogP contribution in [0.25, 0.3) is 10.1 Å². The van der Waals surface area contributed by atoms with E-state index in [1.54, 1.807) is 0 Å². The minimum atomic E-state index is -0.761. The summed E-state index contributed by atoms with van der Waals surface area (Å²) in [6.07, 6.45) is 0. The molecule has 0 saturated heterocycles. The molecular weight excluding hydrogens is 255 g/mol. The molecule has 0 unspecified atom stereocenters. The molecule has 0 spiro atoms. The molecule has 16 heavy (non-hydrogen) atoms. The molecule has 2 rings (SSSR count). The molecular formula is C10H6ClFO3S. The Hall–Kier alpha value is -1.33. The summed E-state index contributed by atoms with van der Waals surface area (Å²) in [5.41, 5.74) is 0. The first-order chi connectivity index (χ1) is 7.50. The number of rotatable bonds is 1. The molecule has 1 aromatic heterocycles. The number of carbonyl (C=O) groups excluding carboxylic acids is 1. The summed E-state index contributed by atoms with van der Waals surface area (Å²) in [7, 11) is 0. The summed E-state index contributed by atoms with van der Waals surface area (Å²) >= 11 is 6.87. The van der Waals surface area contributed by atoms with Gasteiger partial charge >= 0.3 is 5.97 Å². The second kappa shape index (κ2) is 3.92. The number of ether oxygens (including phenoxy) is 1. The van der Waals surface area contributed by atoms with Crippen LogP contribution in [0.2, 0.25) is 5.02 Å². The Kier molecular flexibility index (Phi) is 2.73. The molecule has 0 saturated carbocycles. The molecule has 0 bridgehead atoms. The molecule has 0 aliphatic carbocycles. The molecule has 1 N–H and O–H groups in total. The highest BCUT2D eigenvalue weighted by Gasteiger charge is 2.17. The number of halogens is 2. The molecule has 0 radical (unpaired) electrons. The average molecular weight is 261 g/mol. The second-order valence-corrected chi connectivity index (χ2v) is 4.38. The standard InChI is InChI=1S/C10H6ClFO3S/c1-4(13)15-7-3-16-10-8(7)5(11)2-6(14)9(10)12/h2-3,14H,1H3. The van der Waals surface area contributed by atoms with Crippen LogP contribution in [0.15, 0.2) is 11.4 Å². The van der Waals surface area contributed by atoms with Crippen LogP contribution in [-0.2, 0) is 4.79 Å². The molecule has 6 heteroatoms. The zero-order valence-electron chi connectivity index (χ0n) is 8.08. The van der Waals surface area contributed by atoms with Gasteiger partial charge in [0.1, 0.15) is 0 Å². The molecule has 0 atom stereocenters. The van der Waals surface area contributed by atoms with Crippen LogP contribution in [0.4, 0.5) is 4.39 Å². The van der Waals surface area contributed by atoms with Gasteiger partial charge in [-0.15, -0.1) is 11.3 Å². The van der Waals surface area contributed by atoms with Gasteiger partial charge in [0.15, 0.2) is 17.3 Å². The zero-order chi connectivity index (χ0) is 11.9. The highest BCUT2D eigenvalue weighted by atomic mass is 35.5. The van der Waals surface area contributed by atoms with Crippen molar-refractivity contribution in [3.8, 4) is 11.5 Å². The highest BCUT2D eigenvalue weighted by Crippen LogP contribution is 2.42. The lowest BCUT2D eigenvalue weighted by Crippen LogP contribution is -2.00. The number of thiophene rings is 1. The molecule has 2 aromatic rings. The van der Waals surface area contributed by atoms with E-state index in [0.29, 0.717) is 5.39 Å². The van der Waals surface area contributed by atoms with Crippen molar-refractivity contribution < 1.29 is 19.0 Å². The SMILES string of the molecule is CC(=O)Oc1csc2c(F)c(O)cc(Cl)c12. The van der Waals surface area contributed by atoms with Crippen LogP contribution in [-0.4, -0.2) is 11.1 Å². The molecule has 84 valence electrons. The van der Waals surface area contributed by atoms with E-state index in [9.17, 15) is 14.3 Å². The predicted octanol–water partition coefficient (Wildman–Crippen LogP) is 3.32. The van der Waals surface area contributed by atoms with E-state index in [1.165, 1.54) is 12.3 Å². The Labute approximate surface area is 99.0 Å². The smallest absolute Gasteiger partial charge is 0.308 e. The van der Waals surface area contributed by atoms with Gasteiger partial charge in [0, 0.05) is 18.4 Å². The molecule has 0 aliphatic heterocycles. The average Bonchev–Trinajstić information content (AvgIpc) is 2.58. The molecule has 0 amide bonds. The van der Waals surface area contributed by atoms with Crippen molar-refractivity contribution in [3.05, 3.63) is 22.3 Å². The van der Waals surface area contributed by atoms with Gasteiger partial charge in [-0.25, -0.2) is 4.39 Å². The van der Waals surface area contributed by atoms with Gasteiger partial charge < -0.3 is 9.84 Å². The number of phenols is 1. The second-order valence-electron chi connectivity index (χ2n) is 3.09. The van der Waals surface area contributed by atoms with Crippen LogP contribution in [0, 0.1) is 5.82 Å². The first kappa shape index (κ1) is 11.2. The number of esters is 1. The van der Waals surface area contributed by atoms with Gasteiger partial charge in [-0.2, -0.15) is 0 Å². The minimum Gasteiger partial charge on any atom is -0.505 e. The summed E-state index contributed by atoms with van der Waals surface area (Å²) in [4.78, 5) is 10.8. The van der Waals surface area contributed by atoms with Gasteiger partial charge in [-0.1, -0.05) is 11.6 Å². The quantitative estimate of drug-likeness (QED) is 0.800. The Morgan fingerprint density at radius 3 is 2.94 bits per heavy atom. The molecule has 1 aromatic carbocycles. The summed E-state index contributed by atoms with van der Waals surface area (Å²) in [6, 6.07) is 1.08. The largest absolute Gasteiger partial charge is 0.505 e. The van der Waals surface area contributed by atoms with Crippen molar-refractivity contribution in [1.29, 1.82) is 0 Å². The summed E-state index contributed by atoms with van der Waals surface area (Å²) in [5, 5.41) is 11.1. The summed E-state index contributed by atoms with van der Waals surface area (Å²) in [6.45, 7) is 1.24. The van der Waals surface area contributed by atoms with Gasteiger partial charge in [0.25, 0.3) is 0 Å². The maximum atomic E-state index is 13.5. The third-order valence-corrected chi connectivity index (χ3v) is 3.19. The minimum absolute atomic E-state index is 0.145. The first-order valence-corrected chi connectivity index (χ1v) is 5.53. The molecule has 3 nitrogen and oxygen atoms in total. The fourth-order valence-corrected chi connectivity index (χ4v) is 2.61. The van der Waals surface area contributed by atoms with Gasteiger partial charge in [-0.3, -0.25) is 4.79 Å². The number of aromatic hydroxyl groups is 1. The monoisotopic (exact) mass is 260 g/mol. The number of hydrogen-bond donors (Lipinski definition) is 1. The van der Waals surface area contributed by atoms with E-state index in [2.05, 4.69) is 0 Å². The number of fused-ring (bicyclic) bond motifs is 1. The van der Waals surface area contributed by atoms with E-state index in [0.717, 1.165) is 17.4 Å². The number of carbonyl (C=O) groups is 1. The Morgan fingerprint density at radius 2 is 2.31 bits per heavy atom. The third kappa shape index (κ3) is 1.72. The molecule has 0 aliphatic rings. The molecule has 1 heterocycles. The van der Waals surface area contributed by atoms with Crippen LogP contribution in [0.3, 0.4) is 0 Å². The fourth-order valence-electron chi connectivity index (χ4n) is 1.33. The van der Waals surface area contributed by atoms with Crippen LogP contribution in [0.5, 0.6) is 11.5 Å². The van der Waals surface area contributed by atoms with Gasteiger partial charge in [-0.05, 0) is 0 Å². The van der Waals surface area contributed by atoms with Gasteiger partial charge in [0.05, 0.1) is 15.1 Å². The van der Waals surface area contributed by atoms with E-state index in [-0.39, 0.29) is 15.5 Å². The number of hydrogen-bond acceptors (Lipinski definition) is 4. The third-order valence-electron chi connectivity index (χ3n) is 1.94.